The molecule has 0 bridgehead atoms. The fraction of sp³-hybridized carbons (Fsp3) is 0.214. The van der Waals surface area contributed by atoms with Crippen LogP contribution in [0.1, 0.15) is 12.5 Å². The third-order valence-corrected chi connectivity index (χ3v) is 2.50. The van der Waals surface area contributed by atoms with Crippen LogP contribution in [0.25, 0.3) is 10.8 Å². The van der Waals surface area contributed by atoms with Crippen molar-refractivity contribution in [2.75, 3.05) is 6.61 Å². The maximum absolute atomic E-state index is 7.61. The highest BCUT2D eigenvalue weighted by Crippen LogP contribution is 2.16. The molecule has 0 heterocycles. The van der Waals surface area contributed by atoms with Gasteiger partial charge in [-0.1, -0.05) is 42.5 Å². The Labute approximate surface area is 95.4 Å². The Kier molecular flexibility index (Phi) is 3.20. The Morgan fingerprint density at radius 3 is 2.62 bits per heavy atom. The monoisotopic (exact) mass is 213 g/mol. The Balaban J connectivity index is 2.22. The molecule has 2 aromatic carbocycles. The predicted molar refractivity (Wildman–Crippen MR) is 67.0 cm³/mol. The Morgan fingerprint density at radius 1 is 1.12 bits per heavy atom. The molecule has 2 aromatic rings. The molecule has 2 heteroatoms. The van der Waals surface area contributed by atoms with Crippen LogP contribution in [0.2, 0.25) is 0 Å². The van der Waals surface area contributed by atoms with Gasteiger partial charge < -0.3 is 4.74 Å². The van der Waals surface area contributed by atoms with E-state index in [-0.39, 0.29) is 0 Å². The molecule has 0 saturated heterocycles. The summed E-state index contributed by atoms with van der Waals surface area (Å²) in [4.78, 5) is 0. The van der Waals surface area contributed by atoms with E-state index in [1.807, 2.05) is 19.1 Å². The van der Waals surface area contributed by atoms with Gasteiger partial charge in [-0.25, -0.2) is 0 Å². The molecule has 2 rings (SSSR count). The number of benzene rings is 2. The molecule has 0 saturated carbocycles. The number of hydrogen-bond acceptors (Lipinski definition) is 2. The molecular weight excluding hydrogens is 198 g/mol. The van der Waals surface area contributed by atoms with E-state index in [1.165, 1.54) is 10.8 Å². The van der Waals surface area contributed by atoms with Crippen LogP contribution in [0.5, 0.6) is 0 Å². The van der Waals surface area contributed by atoms with Gasteiger partial charge in [0.2, 0.25) is 0 Å². The summed E-state index contributed by atoms with van der Waals surface area (Å²) in [6.45, 7) is 2.46. The van der Waals surface area contributed by atoms with E-state index in [4.69, 9.17) is 10.1 Å². The summed E-state index contributed by atoms with van der Waals surface area (Å²) in [7, 11) is 0. The minimum absolute atomic E-state index is 0.331. The van der Waals surface area contributed by atoms with Crippen LogP contribution in [0.4, 0.5) is 0 Å². The largest absolute Gasteiger partial charge is 0.481 e. The van der Waals surface area contributed by atoms with Gasteiger partial charge >= 0.3 is 0 Å². The second-order valence-corrected chi connectivity index (χ2v) is 3.71. The molecule has 2 nitrogen and oxygen atoms in total. The molecular formula is C14H15NO. The van der Waals surface area contributed by atoms with Crippen molar-refractivity contribution in [1.29, 1.82) is 5.41 Å². The van der Waals surface area contributed by atoms with Gasteiger partial charge in [0.15, 0.2) is 5.90 Å². The topological polar surface area (TPSA) is 33.1 Å². The van der Waals surface area contributed by atoms with Crippen molar-refractivity contribution in [3.63, 3.8) is 0 Å². The molecule has 0 amide bonds. The first-order chi connectivity index (χ1) is 7.79. The molecule has 0 radical (unpaired) electrons. The van der Waals surface area contributed by atoms with Crippen LogP contribution in [0, 0.1) is 5.41 Å². The fourth-order valence-corrected chi connectivity index (χ4v) is 1.76. The lowest BCUT2D eigenvalue weighted by atomic mass is 10.1. The summed E-state index contributed by atoms with van der Waals surface area (Å²) >= 11 is 0. The van der Waals surface area contributed by atoms with E-state index in [2.05, 4.69) is 30.3 Å². The highest BCUT2D eigenvalue weighted by atomic mass is 16.5. The Morgan fingerprint density at radius 2 is 1.88 bits per heavy atom. The minimum atomic E-state index is 0.331. The Hall–Kier alpha value is -1.83. The van der Waals surface area contributed by atoms with Crippen LogP contribution in [-0.4, -0.2) is 12.5 Å². The SMILES string of the molecule is CCOC(=N)Cc1ccc2ccccc2c1. The third-order valence-electron chi connectivity index (χ3n) is 2.50. The van der Waals surface area contributed by atoms with Crippen LogP contribution in [-0.2, 0) is 11.2 Å². The van der Waals surface area contributed by atoms with Gasteiger partial charge in [0.1, 0.15) is 0 Å². The van der Waals surface area contributed by atoms with E-state index >= 15 is 0 Å². The van der Waals surface area contributed by atoms with Gasteiger partial charge in [-0.05, 0) is 23.3 Å². The van der Waals surface area contributed by atoms with Gasteiger partial charge in [0, 0.05) is 6.42 Å². The Bertz CT molecular complexity index is 505. The lowest BCUT2D eigenvalue weighted by Crippen LogP contribution is -2.06. The van der Waals surface area contributed by atoms with E-state index in [1.54, 1.807) is 0 Å². The normalized spacial score (nSPS) is 10.3. The molecule has 0 fully saturated rings. The summed E-state index contributed by atoms with van der Waals surface area (Å²) in [5, 5.41) is 10.1. The second kappa shape index (κ2) is 4.79. The quantitative estimate of drug-likeness (QED) is 0.615. The maximum atomic E-state index is 7.61. The van der Waals surface area contributed by atoms with Crippen LogP contribution < -0.4 is 0 Å². The van der Waals surface area contributed by atoms with Crippen molar-refractivity contribution >= 4 is 16.7 Å². The molecule has 0 aliphatic heterocycles. The van der Waals surface area contributed by atoms with Crippen molar-refractivity contribution < 1.29 is 4.74 Å². The van der Waals surface area contributed by atoms with Crippen molar-refractivity contribution in [2.45, 2.75) is 13.3 Å². The molecule has 0 aliphatic carbocycles. The number of nitrogens with one attached hydrogen (secondary N) is 1. The summed E-state index contributed by atoms with van der Waals surface area (Å²) in [5.74, 6) is 0.331. The van der Waals surface area contributed by atoms with Gasteiger partial charge in [0.25, 0.3) is 0 Å². The van der Waals surface area contributed by atoms with Gasteiger partial charge in [-0.15, -0.1) is 0 Å². The highest BCUT2D eigenvalue weighted by molar-refractivity contribution is 5.84. The van der Waals surface area contributed by atoms with Crippen molar-refractivity contribution in [3.8, 4) is 0 Å². The molecule has 1 N–H and O–H groups in total. The van der Waals surface area contributed by atoms with E-state index in [9.17, 15) is 0 Å². The summed E-state index contributed by atoms with van der Waals surface area (Å²) in [6.07, 6.45) is 0.568. The van der Waals surface area contributed by atoms with Crippen molar-refractivity contribution in [3.05, 3.63) is 48.0 Å². The van der Waals surface area contributed by atoms with Gasteiger partial charge in [-0.2, -0.15) is 0 Å². The average molecular weight is 213 g/mol. The minimum Gasteiger partial charge on any atom is -0.481 e. The van der Waals surface area contributed by atoms with E-state index < -0.39 is 0 Å². The second-order valence-electron chi connectivity index (χ2n) is 3.71. The van der Waals surface area contributed by atoms with Crippen LogP contribution in [0.3, 0.4) is 0 Å². The van der Waals surface area contributed by atoms with Crippen LogP contribution in [0.15, 0.2) is 42.5 Å². The highest BCUT2D eigenvalue weighted by Gasteiger charge is 2.00. The first-order valence-electron chi connectivity index (χ1n) is 5.47. The lowest BCUT2D eigenvalue weighted by Gasteiger charge is -2.06. The van der Waals surface area contributed by atoms with Gasteiger partial charge in [0.05, 0.1) is 6.61 Å². The fourth-order valence-electron chi connectivity index (χ4n) is 1.76. The molecule has 0 aliphatic rings. The lowest BCUT2D eigenvalue weighted by molar-refractivity contribution is 0.317. The molecule has 0 spiro atoms. The molecule has 0 atom stereocenters. The maximum Gasteiger partial charge on any atom is 0.184 e. The smallest absolute Gasteiger partial charge is 0.184 e. The van der Waals surface area contributed by atoms with Crippen molar-refractivity contribution in [2.24, 2.45) is 0 Å². The zero-order valence-corrected chi connectivity index (χ0v) is 9.36. The summed E-state index contributed by atoms with van der Waals surface area (Å²) < 4.78 is 5.14. The zero-order chi connectivity index (χ0) is 11.4. The summed E-state index contributed by atoms with van der Waals surface area (Å²) in [6, 6.07) is 14.5. The number of hydrogen-bond donors (Lipinski definition) is 1. The standard InChI is InChI=1S/C14H15NO/c1-2-16-14(15)10-11-7-8-12-5-3-4-6-13(12)9-11/h3-9,15H,2,10H2,1H3. The third kappa shape index (κ3) is 2.40. The first-order valence-corrected chi connectivity index (χ1v) is 5.47. The van der Waals surface area contributed by atoms with Crippen molar-refractivity contribution in [1.82, 2.24) is 0 Å². The number of ether oxygens (including phenoxy) is 1. The summed E-state index contributed by atoms with van der Waals surface area (Å²) in [5.41, 5.74) is 1.12. The van der Waals surface area contributed by atoms with E-state index in [0.29, 0.717) is 18.9 Å². The number of fused-ring (bicyclic) bond motifs is 1. The van der Waals surface area contributed by atoms with Gasteiger partial charge in [-0.3, -0.25) is 5.41 Å². The van der Waals surface area contributed by atoms with Crippen LogP contribution >= 0.6 is 0 Å². The van der Waals surface area contributed by atoms with E-state index in [0.717, 1.165) is 5.56 Å². The zero-order valence-electron chi connectivity index (χ0n) is 9.36. The number of rotatable bonds is 3. The molecule has 0 unspecified atom stereocenters. The molecule has 0 aromatic heterocycles. The average Bonchev–Trinajstić information content (AvgIpc) is 2.29. The first kappa shape index (κ1) is 10.7. The molecule has 16 heavy (non-hydrogen) atoms. The molecule has 82 valence electrons. The predicted octanol–water partition coefficient (Wildman–Crippen LogP) is 3.40.